The predicted molar refractivity (Wildman–Crippen MR) is 161 cm³/mol. The van der Waals surface area contributed by atoms with Gasteiger partial charge in [-0.15, -0.1) is 0 Å². The Balaban J connectivity index is 1.26. The Labute approximate surface area is 244 Å². The van der Waals surface area contributed by atoms with Crippen LogP contribution in [-0.2, 0) is 32.3 Å². The summed E-state index contributed by atoms with van der Waals surface area (Å²) in [6, 6.07) is 24.9. The number of aromatic nitrogens is 1. The number of nitrogens with zero attached hydrogens (tertiary/aromatic N) is 1. The number of amides is 3. The Bertz CT molecular complexity index is 1460. The minimum absolute atomic E-state index is 0.0662. The highest BCUT2D eigenvalue weighted by molar-refractivity contribution is 6.03. The number of rotatable bonds is 14. The van der Waals surface area contributed by atoms with E-state index in [1.54, 1.807) is 24.4 Å². The van der Waals surface area contributed by atoms with Crippen molar-refractivity contribution in [2.75, 3.05) is 24.2 Å². The van der Waals surface area contributed by atoms with E-state index in [2.05, 4.69) is 20.9 Å². The highest BCUT2D eigenvalue weighted by Gasteiger charge is 2.22. The first-order valence-corrected chi connectivity index (χ1v) is 13.8. The summed E-state index contributed by atoms with van der Waals surface area (Å²) in [7, 11) is 0. The Morgan fingerprint density at radius 2 is 1.60 bits per heavy atom. The molecule has 0 aliphatic heterocycles. The van der Waals surface area contributed by atoms with Gasteiger partial charge in [-0.1, -0.05) is 60.7 Å². The zero-order chi connectivity index (χ0) is 29.6. The number of carbonyl (C=O) groups excluding carboxylic acids is 3. The smallest absolute Gasteiger partial charge is 0.408 e. The summed E-state index contributed by atoms with van der Waals surface area (Å²) in [6.07, 6.45) is 2.48. The Hall–Kier alpha value is -4.96. The van der Waals surface area contributed by atoms with E-state index < -0.39 is 12.1 Å². The molecule has 42 heavy (non-hydrogen) atoms. The molecule has 3 amide bonds. The molecule has 4 aromatic rings. The molecule has 0 saturated heterocycles. The molecule has 0 aliphatic rings. The third kappa shape index (κ3) is 9.60. The maximum absolute atomic E-state index is 13.3. The van der Waals surface area contributed by atoms with Crippen molar-refractivity contribution in [1.29, 1.82) is 0 Å². The topological polar surface area (TPSA) is 145 Å². The van der Waals surface area contributed by atoms with Gasteiger partial charge in [-0.2, -0.15) is 0 Å². The number of unbranched alkanes of at least 4 members (excludes halogenated alkanes) is 1. The van der Waals surface area contributed by atoms with Crippen LogP contribution in [0.1, 0.15) is 30.4 Å². The first-order chi connectivity index (χ1) is 20.5. The fourth-order valence-electron chi connectivity index (χ4n) is 4.23. The minimum Gasteiger partial charge on any atom is -0.445 e. The van der Waals surface area contributed by atoms with E-state index in [0.717, 1.165) is 16.5 Å². The van der Waals surface area contributed by atoms with Gasteiger partial charge < -0.3 is 31.2 Å². The molecule has 0 saturated carbocycles. The van der Waals surface area contributed by atoms with Crippen LogP contribution in [0.4, 0.5) is 16.2 Å². The molecule has 5 N–H and O–H groups in total. The van der Waals surface area contributed by atoms with Gasteiger partial charge in [0.2, 0.25) is 11.8 Å². The Morgan fingerprint density at radius 3 is 2.40 bits per heavy atom. The number of hydrogen-bond acceptors (Lipinski definition) is 7. The number of carbonyl (C=O) groups is 3. The lowest BCUT2D eigenvalue weighted by Crippen LogP contribution is -2.44. The maximum Gasteiger partial charge on any atom is 0.408 e. The molecule has 1 atom stereocenters. The highest BCUT2D eigenvalue weighted by Crippen LogP contribution is 2.21. The molecule has 0 bridgehead atoms. The van der Waals surface area contributed by atoms with Gasteiger partial charge in [0.15, 0.2) is 0 Å². The largest absolute Gasteiger partial charge is 0.445 e. The fraction of sp³-hybridized carbons (Fsp3) is 0.250. The van der Waals surface area contributed by atoms with E-state index in [-0.39, 0.29) is 25.0 Å². The Morgan fingerprint density at radius 1 is 0.833 bits per heavy atom. The summed E-state index contributed by atoms with van der Waals surface area (Å²) in [6.45, 7) is 0.733. The number of ether oxygens (including phenoxy) is 2. The summed E-state index contributed by atoms with van der Waals surface area (Å²) in [5, 5.41) is 9.29. The predicted octanol–water partition coefficient (Wildman–Crippen LogP) is 4.55. The lowest BCUT2D eigenvalue weighted by Gasteiger charge is -2.19. The van der Waals surface area contributed by atoms with E-state index in [1.165, 1.54) is 0 Å². The van der Waals surface area contributed by atoms with Crippen LogP contribution < -0.4 is 21.7 Å². The lowest BCUT2D eigenvalue weighted by atomic mass is 10.1. The summed E-state index contributed by atoms with van der Waals surface area (Å²) in [4.78, 5) is 42.4. The zero-order valence-corrected chi connectivity index (χ0v) is 23.3. The van der Waals surface area contributed by atoms with Gasteiger partial charge in [0, 0.05) is 23.8 Å². The molecule has 1 heterocycles. The number of anilines is 2. The number of alkyl carbamates (subject to hydrolysis) is 1. The summed E-state index contributed by atoms with van der Waals surface area (Å²) < 4.78 is 10.8. The second-order valence-corrected chi connectivity index (χ2v) is 9.71. The van der Waals surface area contributed by atoms with Gasteiger partial charge in [-0.25, -0.2) is 4.79 Å². The molecule has 0 spiro atoms. The van der Waals surface area contributed by atoms with Crippen LogP contribution in [0.5, 0.6) is 0 Å². The van der Waals surface area contributed by atoms with Crippen LogP contribution in [0.3, 0.4) is 0 Å². The Kier molecular flexibility index (Phi) is 11.2. The average molecular weight is 570 g/mol. The molecule has 218 valence electrons. The van der Waals surface area contributed by atoms with Crippen molar-refractivity contribution < 1.29 is 23.9 Å². The van der Waals surface area contributed by atoms with Gasteiger partial charge in [-0.3, -0.25) is 14.6 Å². The SMILES string of the molecule is Nc1ccc(COCC(=O)NCCCC[C@@H](NC(=O)OCc2ccccc2)C(=O)Nc2cccc3cccnc23)cc1. The molecule has 0 unspecified atom stereocenters. The number of pyridine rings is 1. The van der Waals surface area contributed by atoms with Gasteiger partial charge in [0.05, 0.1) is 17.8 Å². The molecule has 10 nitrogen and oxygen atoms in total. The number of nitrogens with two attached hydrogens (primary N) is 1. The van der Waals surface area contributed by atoms with Crippen molar-refractivity contribution in [3.63, 3.8) is 0 Å². The number of nitrogen functional groups attached to an aromatic ring is 1. The van der Waals surface area contributed by atoms with Crippen LogP contribution >= 0.6 is 0 Å². The van der Waals surface area contributed by atoms with Gasteiger partial charge >= 0.3 is 6.09 Å². The number of fused-ring (bicyclic) bond motifs is 1. The van der Waals surface area contributed by atoms with E-state index in [0.29, 0.717) is 49.3 Å². The van der Waals surface area contributed by atoms with Crippen LogP contribution in [0.25, 0.3) is 10.9 Å². The summed E-state index contributed by atoms with van der Waals surface area (Å²) in [5.41, 5.74) is 9.31. The third-order valence-electron chi connectivity index (χ3n) is 6.44. The second-order valence-electron chi connectivity index (χ2n) is 9.71. The molecule has 0 radical (unpaired) electrons. The highest BCUT2D eigenvalue weighted by atomic mass is 16.5. The zero-order valence-electron chi connectivity index (χ0n) is 23.3. The number of benzene rings is 3. The number of hydrogen-bond donors (Lipinski definition) is 4. The normalized spacial score (nSPS) is 11.4. The van der Waals surface area contributed by atoms with Crippen molar-refractivity contribution in [3.8, 4) is 0 Å². The maximum atomic E-state index is 13.3. The van der Waals surface area contributed by atoms with Crippen LogP contribution in [-0.4, -0.2) is 42.1 Å². The van der Waals surface area contributed by atoms with Crippen molar-refractivity contribution in [2.24, 2.45) is 0 Å². The first kappa shape index (κ1) is 30.0. The number of para-hydroxylation sites is 1. The molecule has 0 fully saturated rings. The van der Waals surface area contributed by atoms with E-state index in [4.69, 9.17) is 15.2 Å². The second kappa shape index (κ2) is 15.7. The van der Waals surface area contributed by atoms with Gasteiger partial charge in [0.25, 0.3) is 0 Å². The molecule has 4 rings (SSSR count). The van der Waals surface area contributed by atoms with E-state index in [9.17, 15) is 14.4 Å². The van der Waals surface area contributed by atoms with E-state index >= 15 is 0 Å². The standard InChI is InChI=1S/C32H35N5O5/c33-26-16-14-24(15-17-26)20-41-22-29(38)34-18-5-4-12-28(37-32(40)42-21-23-8-2-1-3-9-23)31(39)36-27-13-6-10-25-11-7-19-35-30(25)27/h1-3,6-11,13-17,19,28H,4-5,12,18,20-22,33H2,(H,34,38)(H,36,39)(H,37,40)/t28-/m1/s1. The molecular weight excluding hydrogens is 534 g/mol. The fourth-order valence-corrected chi connectivity index (χ4v) is 4.23. The molecule has 10 heteroatoms. The minimum atomic E-state index is -0.855. The van der Waals surface area contributed by atoms with Crippen molar-refractivity contribution in [1.82, 2.24) is 15.6 Å². The summed E-state index contributed by atoms with van der Waals surface area (Å²) in [5.74, 6) is -0.615. The molecular formula is C32H35N5O5. The van der Waals surface area contributed by atoms with Crippen LogP contribution in [0, 0.1) is 0 Å². The van der Waals surface area contributed by atoms with Crippen LogP contribution in [0.2, 0.25) is 0 Å². The monoisotopic (exact) mass is 569 g/mol. The summed E-state index contributed by atoms with van der Waals surface area (Å²) >= 11 is 0. The van der Waals surface area contributed by atoms with Crippen molar-refractivity contribution in [3.05, 3.63) is 102 Å². The van der Waals surface area contributed by atoms with Gasteiger partial charge in [-0.05, 0) is 54.7 Å². The van der Waals surface area contributed by atoms with Gasteiger partial charge in [0.1, 0.15) is 19.3 Å². The van der Waals surface area contributed by atoms with Crippen LogP contribution in [0.15, 0.2) is 91.1 Å². The molecule has 3 aromatic carbocycles. The molecule has 1 aromatic heterocycles. The van der Waals surface area contributed by atoms with E-state index in [1.807, 2.05) is 66.7 Å². The lowest BCUT2D eigenvalue weighted by molar-refractivity contribution is -0.126. The van der Waals surface area contributed by atoms with Crippen molar-refractivity contribution in [2.45, 2.75) is 38.5 Å². The quantitative estimate of drug-likeness (QED) is 0.129. The average Bonchev–Trinajstić information content (AvgIpc) is 3.01. The first-order valence-electron chi connectivity index (χ1n) is 13.8. The molecule has 0 aliphatic carbocycles. The third-order valence-corrected chi connectivity index (χ3v) is 6.44. The number of nitrogens with one attached hydrogen (secondary N) is 3. The van der Waals surface area contributed by atoms with Crippen molar-refractivity contribution >= 4 is 40.2 Å².